The highest BCUT2D eigenvalue weighted by atomic mass is 17.3. The summed E-state index contributed by atoms with van der Waals surface area (Å²) in [6.45, 7) is 1.61. The van der Waals surface area contributed by atoms with Crippen LogP contribution in [-0.2, 0) is 9.88 Å². The van der Waals surface area contributed by atoms with Gasteiger partial charge in [-0.25, -0.2) is 10.3 Å². The van der Waals surface area contributed by atoms with E-state index in [1.165, 1.54) is 83.5 Å². The van der Waals surface area contributed by atoms with Crippen molar-refractivity contribution >= 4 is 0 Å². The summed E-state index contributed by atoms with van der Waals surface area (Å²) in [5.74, 6) is 0. The predicted octanol–water partition coefficient (Wildman–Crippen LogP) is 4.42. The molecule has 0 saturated carbocycles. The minimum absolute atomic E-state index is 0.675. The maximum Gasteiger partial charge on any atom is 0.0842 e. The standard InChI is InChI=1S/C16H34N2O2/c1-2-4-6-8-10-12-14-16-19-20-18-17-15-13-11-9-7-5-3-1/h17-18H,1-16H2. The number of hydrogen-bond donors (Lipinski definition) is 2. The summed E-state index contributed by atoms with van der Waals surface area (Å²) >= 11 is 0. The van der Waals surface area contributed by atoms with E-state index in [-0.39, 0.29) is 0 Å². The molecule has 0 aromatic rings. The van der Waals surface area contributed by atoms with E-state index in [4.69, 9.17) is 9.88 Å². The summed E-state index contributed by atoms with van der Waals surface area (Å²) in [5, 5.41) is 0. The first-order valence-electron chi connectivity index (χ1n) is 8.76. The summed E-state index contributed by atoms with van der Waals surface area (Å²) in [5.41, 5.74) is 5.65. The zero-order valence-corrected chi connectivity index (χ0v) is 13.1. The Morgan fingerprint density at radius 1 is 0.500 bits per heavy atom. The molecule has 0 radical (unpaired) electrons. The summed E-state index contributed by atoms with van der Waals surface area (Å²) < 4.78 is 0. The first-order valence-corrected chi connectivity index (χ1v) is 8.76. The number of hydrazine groups is 1. The minimum Gasteiger partial charge on any atom is -0.232 e. The van der Waals surface area contributed by atoms with Crippen molar-refractivity contribution < 1.29 is 9.88 Å². The molecule has 2 N–H and O–H groups in total. The Balaban J connectivity index is 2.00. The van der Waals surface area contributed by atoms with Gasteiger partial charge in [-0.2, -0.15) is 0 Å². The number of rotatable bonds is 0. The lowest BCUT2D eigenvalue weighted by Gasteiger charge is -2.07. The van der Waals surface area contributed by atoms with Crippen LogP contribution in [-0.4, -0.2) is 13.2 Å². The third-order valence-electron chi connectivity index (χ3n) is 3.95. The van der Waals surface area contributed by atoms with Crippen molar-refractivity contribution in [3.05, 3.63) is 0 Å². The lowest BCUT2D eigenvalue weighted by atomic mass is 10.0. The average Bonchev–Trinajstić information content (AvgIpc) is 2.46. The fraction of sp³-hybridized carbons (Fsp3) is 1.00. The lowest BCUT2D eigenvalue weighted by Crippen LogP contribution is -2.32. The van der Waals surface area contributed by atoms with Gasteiger partial charge in [-0.05, 0) is 12.8 Å². The number of nitrogens with one attached hydrogen (secondary N) is 2. The van der Waals surface area contributed by atoms with Crippen molar-refractivity contribution in [2.45, 2.75) is 89.9 Å². The maximum absolute atomic E-state index is 5.04. The maximum atomic E-state index is 5.04. The molecule has 4 nitrogen and oxygen atoms in total. The quantitative estimate of drug-likeness (QED) is 0.647. The Kier molecular flexibility index (Phi) is 13.6. The smallest absolute Gasteiger partial charge is 0.0842 e. The van der Waals surface area contributed by atoms with Gasteiger partial charge >= 0.3 is 0 Å². The molecule has 0 bridgehead atoms. The van der Waals surface area contributed by atoms with E-state index in [1.807, 2.05) is 0 Å². The van der Waals surface area contributed by atoms with Gasteiger partial charge in [-0.1, -0.05) is 77.0 Å². The molecule has 20 heavy (non-hydrogen) atoms. The molecule has 4 heteroatoms. The first kappa shape index (κ1) is 17.9. The van der Waals surface area contributed by atoms with Crippen LogP contribution in [0.5, 0.6) is 0 Å². The highest BCUT2D eigenvalue weighted by Gasteiger charge is 1.96. The molecule has 0 unspecified atom stereocenters. The van der Waals surface area contributed by atoms with Crippen LogP contribution in [0.25, 0.3) is 0 Å². The first-order chi connectivity index (χ1) is 10.0. The van der Waals surface area contributed by atoms with E-state index in [0.717, 1.165) is 13.0 Å². The summed E-state index contributed by atoms with van der Waals surface area (Å²) in [6, 6.07) is 0. The third-order valence-corrected chi connectivity index (χ3v) is 3.95. The molecule has 1 fully saturated rings. The van der Waals surface area contributed by atoms with E-state index >= 15 is 0 Å². The highest BCUT2D eigenvalue weighted by Crippen LogP contribution is 2.12. The fourth-order valence-corrected chi connectivity index (χ4v) is 2.65. The van der Waals surface area contributed by atoms with Crippen LogP contribution in [0.3, 0.4) is 0 Å². The predicted molar refractivity (Wildman–Crippen MR) is 82.8 cm³/mol. The minimum atomic E-state index is 0.675. The third kappa shape index (κ3) is 12.9. The molecule has 0 amide bonds. The summed E-state index contributed by atoms with van der Waals surface area (Å²) in [4.78, 5) is 9.90. The van der Waals surface area contributed by atoms with Crippen LogP contribution in [0.1, 0.15) is 89.9 Å². The second kappa shape index (κ2) is 15.2. The largest absolute Gasteiger partial charge is 0.232 e. The SMILES string of the molecule is C1CCCCCCCCOONNCCCCCCC1. The summed E-state index contributed by atoms with van der Waals surface area (Å²) in [6.07, 6.45) is 18.8. The molecule has 1 rings (SSSR count). The van der Waals surface area contributed by atoms with E-state index in [9.17, 15) is 0 Å². The molecule has 0 aliphatic carbocycles. The molecule has 0 atom stereocenters. The molecule has 0 aromatic heterocycles. The molecule has 1 aliphatic heterocycles. The van der Waals surface area contributed by atoms with Crippen molar-refractivity contribution in [2.75, 3.05) is 13.2 Å². The molecule has 1 aliphatic rings. The van der Waals surface area contributed by atoms with Crippen LogP contribution in [0.2, 0.25) is 0 Å². The second-order valence-corrected chi connectivity index (χ2v) is 5.88. The molecular formula is C16H34N2O2. The van der Waals surface area contributed by atoms with E-state index in [2.05, 4.69) is 11.0 Å². The Morgan fingerprint density at radius 3 is 1.50 bits per heavy atom. The zero-order chi connectivity index (χ0) is 14.1. The molecule has 120 valence electrons. The van der Waals surface area contributed by atoms with E-state index < -0.39 is 0 Å². The van der Waals surface area contributed by atoms with Crippen molar-refractivity contribution in [3.63, 3.8) is 0 Å². The fourth-order valence-electron chi connectivity index (χ4n) is 2.65. The Bertz CT molecular complexity index is 105. The molecule has 1 heterocycles. The van der Waals surface area contributed by atoms with E-state index in [0.29, 0.717) is 6.61 Å². The van der Waals surface area contributed by atoms with E-state index in [1.54, 1.807) is 0 Å². The van der Waals surface area contributed by atoms with Crippen molar-refractivity contribution in [2.24, 2.45) is 0 Å². The van der Waals surface area contributed by atoms with Crippen molar-refractivity contribution in [3.8, 4) is 0 Å². The zero-order valence-electron chi connectivity index (χ0n) is 13.1. The second-order valence-electron chi connectivity index (χ2n) is 5.88. The molecule has 0 aromatic carbocycles. The van der Waals surface area contributed by atoms with Gasteiger partial charge in [0.05, 0.1) is 6.61 Å². The highest BCUT2D eigenvalue weighted by molar-refractivity contribution is 4.50. The Labute approximate surface area is 124 Å². The van der Waals surface area contributed by atoms with Crippen molar-refractivity contribution in [1.29, 1.82) is 0 Å². The van der Waals surface area contributed by atoms with Crippen molar-refractivity contribution in [1.82, 2.24) is 11.0 Å². The van der Waals surface area contributed by atoms with Gasteiger partial charge < -0.3 is 0 Å². The van der Waals surface area contributed by atoms with Gasteiger partial charge in [0.1, 0.15) is 0 Å². The lowest BCUT2D eigenvalue weighted by molar-refractivity contribution is -0.345. The molecular weight excluding hydrogens is 252 g/mol. The topological polar surface area (TPSA) is 42.5 Å². The van der Waals surface area contributed by atoms with Crippen LogP contribution >= 0.6 is 0 Å². The van der Waals surface area contributed by atoms with Gasteiger partial charge in [0, 0.05) is 6.54 Å². The molecule has 1 saturated heterocycles. The Hall–Kier alpha value is -0.160. The van der Waals surface area contributed by atoms with Gasteiger partial charge in [0.25, 0.3) is 0 Å². The van der Waals surface area contributed by atoms with Gasteiger partial charge in [0.15, 0.2) is 0 Å². The van der Waals surface area contributed by atoms with Gasteiger partial charge in [-0.15, -0.1) is 10.6 Å². The molecule has 0 spiro atoms. The monoisotopic (exact) mass is 286 g/mol. The van der Waals surface area contributed by atoms with Crippen LogP contribution < -0.4 is 11.0 Å². The van der Waals surface area contributed by atoms with Gasteiger partial charge in [-0.3, -0.25) is 0 Å². The number of hydrogen-bond acceptors (Lipinski definition) is 4. The summed E-state index contributed by atoms with van der Waals surface area (Å²) in [7, 11) is 0. The van der Waals surface area contributed by atoms with Crippen LogP contribution in [0, 0.1) is 0 Å². The normalized spacial score (nSPS) is 24.0. The Morgan fingerprint density at radius 2 is 0.950 bits per heavy atom. The van der Waals surface area contributed by atoms with Crippen LogP contribution in [0.4, 0.5) is 0 Å². The van der Waals surface area contributed by atoms with Gasteiger partial charge in [0.2, 0.25) is 0 Å². The van der Waals surface area contributed by atoms with Crippen LogP contribution in [0.15, 0.2) is 0 Å². The average molecular weight is 286 g/mol.